The molecule has 0 atom stereocenters. The molecule has 0 saturated heterocycles. The Morgan fingerprint density at radius 1 is 1.30 bits per heavy atom. The van der Waals surface area contributed by atoms with Gasteiger partial charge < -0.3 is 10.2 Å². The van der Waals surface area contributed by atoms with Gasteiger partial charge >= 0.3 is 0 Å². The molecule has 0 radical (unpaired) electrons. The number of nitrogens with zero attached hydrogens (tertiary/aromatic N) is 2. The summed E-state index contributed by atoms with van der Waals surface area (Å²) < 4.78 is 0. The Morgan fingerprint density at radius 2 is 2.13 bits per heavy atom. The largest absolute Gasteiger partial charge is 0.321 e. The molecule has 2 aliphatic rings. The zero-order chi connectivity index (χ0) is 16.0. The van der Waals surface area contributed by atoms with Crippen molar-refractivity contribution in [3.63, 3.8) is 0 Å². The van der Waals surface area contributed by atoms with Crippen molar-refractivity contribution in [2.75, 3.05) is 17.3 Å². The first-order valence-corrected chi connectivity index (χ1v) is 7.88. The van der Waals surface area contributed by atoms with Gasteiger partial charge in [0.15, 0.2) is 5.69 Å². The fraction of sp³-hybridized carbons (Fsp3) is 0.353. The Morgan fingerprint density at radius 3 is 2.91 bits per heavy atom. The predicted octanol–water partition coefficient (Wildman–Crippen LogP) is 2.45. The number of benzene rings is 1. The van der Waals surface area contributed by atoms with Crippen LogP contribution in [0.4, 0.5) is 11.4 Å². The molecule has 2 amide bonds. The van der Waals surface area contributed by atoms with Crippen molar-refractivity contribution in [1.82, 2.24) is 10.2 Å². The van der Waals surface area contributed by atoms with Gasteiger partial charge in [0.25, 0.3) is 5.91 Å². The van der Waals surface area contributed by atoms with E-state index in [1.54, 1.807) is 11.9 Å². The molecule has 1 aromatic heterocycles. The summed E-state index contributed by atoms with van der Waals surface area (Å²) in [6.45, 7) is 0. The van der Waals surface area contributed by atoms with E-state index in [0.29, 0.717) is 24.5 Å². The van der Waals surface area contributed by atoms with Crippen LogP contribution in [0.15, 0.2) is 24.3 Å². The molecule has 6 nitrogen and oxygen atoms in total. The van der Waals surface area contributed by atoms with Crippen LogP contribution < -0.4 is 10.2 Å². The quantitative estimate of drug-likeness (QED) is 0.914. The second-order valence-corrected chi connectivity index (χ2v) is 6.23. The molecule has 6 heteroatoms. The number of hydrogen-bond donors (Lipinski definition) is 2. The van der Waals surface area contributed by atoms with Gasteiger partial charge in [-0.15, -0.1) is 0 Å². The number of aryl methyl sites for hydroxylation is 1. The van der Waals surface area contributed by atoms with Gasteiger partial charge in [-0.1, -0.05) is 0 Å². The first-order valence-electron chi connectivity index (χ1n) is 7.88. The number of aromatic amines is 1. The number of anilines is 2. The van der Waals surface area contributed by atoms with Crippen LogP contribution in [-0.4, -0.2) is 29.1 Å². The zero-order valence-corrected chi connectivity index (χ0v) is 12.9. The highest BCUT2D eigenvalue weighted by Crippen LogP contribution is 2.39. The normalized spacial score (nSPS) is 17.1. The molecule has 1 fully saturated rings. The van der Waals surface area contributed by atoms with E-state index < -0.39 is 0 Å². The topological polar surface area (TPSA) is 78.1 Å². The van der Waals surface area contributed by atoms with E-state index in [0.717, 1.165) is 22.6 Å². The molecular weight excluding hydrogens is 292 g/mol. The first kappa shape index (κ1) is 14.0. The Labute approximate surface area is 133 Å². The van der Waals surface area contributed by atoms with Gasteiger partial charge in [0.05, 0.1) is 0 Å². The number of nitrogens with one attached hydrogen (secondary N) is 2. The minimum atomic E-state index is -0.214. The third-order valence-corrected chi connectivity index (χ3v) is 4.53. The molecule has 0 unspecified atom stereocenters. The van der Waals surface area contributed by atoms with Crippen LogP contribution in [0.2, 0.25) is 0 Å². The summed E-state index contributed by atoms with van der Waals surface area (Å²) in [5, 5.41) is 9.92. The SMILES string of the molecule is CN1C(=O)CCc2cc(NC(=O)c3cc(C4CC4)[nH]n3)ccc21. The lowest BCUT2D eigenvalue weighted by Gasteiger charge is -2.26. The van der Waals surface area contributed by atoms with E-state index in [4.69, 9.17) is 0 Å². The summed E-state index contributed by atoms with van der Waals surface area (Å²) in [6.07, 6.45) is 3.54. The molecule has 2 aromatic rings. The second kappa shape index (κ2) is 5.22. The number of fused-ring (bicyclic) bond motifs is 1. The first-order chi connectivity index (χ1) is 11.1. The van der Waals surface area contributed by atoms with E-state index in [-0.39, 0.29) is 11.8 Å². The van der Waals surface area contributed by atoms with E-state index in [1.165, 1.54) is 12.8 Å². The van der Waals surface area contributed by atoms with Crippen molar-refractivity contribution < 1.29 is 9.59 Å². The maximum absolute atomic E-state index is 12.3. The van der Waals surface area contributed by atoms with Crippen LogP contribution in [0.1, 0.15) is 46.9 Å². The van der Waals surface area contributed by atoms with Gasteiger partial charge in [-0.05, 0) is 49.1 Å². The number of carbonyl (C=O) groups excluding carboxylic acids is 2. The van der Waals surface area contributed by atoms with Gasteiger partial charge in [-0.2, -0.15) is 5.10 Å². The number of amides is 2. The zero-order valence-electron chi connectivity index (χ0n) is 12.9. The molecule has 0 bridgehead atoms. The van der Waals surface area contributed by atoms with Crippen molar-refractivity contribution in [3.05, 3.63) is 41.2 Å². The molecular formula is C17H18N4O2. The smallest absolute Gasteiger partial charge is 0.276 e. The molecule has 118 valence electrons. The van der Waals surface area contributed by atoms with Crippen LogP contribution in [0, 0.1) is 0 Å². The minimum Gasteiger partial charge on any atom is -0.321 e. The summed E-state index contributed by atoms with van der Waals surface area (Å²) >= 11 is 0. The molecule has 2 heterocycles. The van der Waals surface area contributed by atoms with Crippen LogP contribution in [-0.2, 0) is 11.2 Å². The molecule has 1 saturated carbocycles. The predicted molar refractivity (Wildman–Crippen MR) is 86.7 cm³/mol. The van der Waals surface area contributed by atoms with Crippen molar-refractivity contribution in [2.24, 2.45) is 0 Å². The molecule has 1 aliphatic carbocycles. The van der Waals surface area contributed by atoms with Crippen LogP contribution in [0.25, 0.3) is 0 Å². The third kappa shape index (κ3) is 2.60. The average Bonchev–Trinajstić information content (AvgIpc) is 3.28. The highest BCUT2D eigenvalue weighted by molar-refractivity contribution is 6.03. The van der Waals surface area contributed by atoms with Crippen LogP contribution >= 0.6 is 0 Å². The Balaban J connectivity index is 1.52. The number of aromatic nitrogens is 2. The molecule has 1 aromatic carbocycles. The van der Waals surface area contributed by atoms with Crippen LogP contribution in [0.3, 0.4) is 0 Å². The fourth-order valence-electron chi connectivity index (χ4n) is 2.99. The van der Waals surface area contributed by atoms with E-state index in [9.17, 15) is 9.59 Å². The summed E-state index contributed by atoms with van der Waals surface area (Å²) in [4.78, 5) is 25.7. The number of hydrogen-bond acceptors (Lipinski definition) is 3. The lowest BCUT2D eigenvalue weighted by atomic mass is 10.0. The van der Waals surface area contributed by atoms with Gasteiger partial charge in [-0.25, -0.2) is 0 Å². The van der Waals surface area contributed by atoms with E-state index >= 15 is 0 Å². The highest BCUT2D eigenvalue weighted by atomic mass is 16.2. The number of rotatable bonds is 3. The number of carbonyl (C=O) groups is 2. The molecule has 2 N–H and O–H groups in total. The van der Waals surface area contributed by atoms with Gasteiger partial charge in [0.2, 0.25) is 5.91 Å². The number of H-pyrrole nitrogens is 1. The Hall–Kier alpha value is -2.63. The summed E-state index contributed by atoms with van der Waals surface area (Å²) in [7, 11) is 1.78. The molecule has 4 rings (SSSR count). The lowest BCUT2D eigenvalue weighted by molar-refractivity contribution is -0.118. The Bertz CT molecular complexity index is 792. The standard InChI is InChI=1S/C17H18N4O2/c1-21-15-6-5-12(8-11(15)4-7-16(21)22)18-17(23)14-9-13(19-20-14)10-2-3-10/h5-6,8-10H,2-4,7H2,1H3,(H,18,23)(H,19,20). The van der Waals surface area contributed by atoms with Crippen molar-refractivity contribution in [3.8, 4) is 0 Å². The lowest BCUT2D eigenvalue weighted by Crippen LogP contribution is -2.31. The van der Waals surface area contributed by atoms with Crippen molar-refractivity contribution in [2.45, 2.75) is 31.6 Å². The minimum absolute atomic E-state index is 0.124. The second-order valence-electron chi connectivity index (χ2n) is 6.23. The molecule has 1 aliphatic heterocycles. The fourth-order valence-corrected chi connectivity index (χ4v) is 2.99. The van der Waals surface area contributed by atoms with E-state index in [2.05, 4.69) is 15.5 Å². The molecule has 23 heavy (non-hydrogen) atoms. The maximum Gasteiger partial charge on any atom is 0.276 e. The molecule has 0 spiro atoms. The summed E-state index contributed by atoms with van der Waals surface area (Å²) in [5.74, 6) is 0.452. The third-order valence-electron chi connectivity index (χ3n) is 4.53. The monoisotopic (exact) mass is 310 g/mol. The Kier molecular flexibility index (Phi) is 3.18. The highest BCUT2D eigenvalue weighted by Gasteiger charge is 2.26. The van der Waals surface area contributed by atoms with Crippen molar-refractivity contribution in [1.29, 1.82) is 0 Å². The summed E-state index contributed by atoms with van der Waals surface area (Å²) in [6, 6.07) is 7.46. The maximum atomic E-state index is 12.3. The van der Waals surface area contributed by atoms with Crippen LogP contribution in [0.5, 0.6) is 0 Å². The van der Waals surface area contributed by atoms with Gasteiger partial charge in [0, 0.05) is 36.5 Å². The summed E-state index contributed by atoms with van der Waals surface area (Å²) in [5.41, 5.74) is 4.17. The van der Waals surface area contributed by atoms with E-state index in [1.807, 2.05) is 24.3 Å². The van der Waals surface area contributed by atoms with Gasteiger partial charge in [0.1, 0.15) is 0 Å². The average molecular weight is 310 g/mol. The van der Waals surface area contributed by atoms with Crippen molar-refractivity contribution >= 4 is 23.2 Å². The van der Waals surface area contributed by atoms with Gasteiger partial charge in [-0.3, -0.25) is 14.7 Å².